The molecule has 0 fully saturated rings. The zero-order chi connectivity index (χ0) is 26.1. The summed E-state index contributed by atoms with van der Waals surface area (Å²) in [5, 5.41) is 12.4. The van der Waals surface area contributed by atoms with E-state index in [2.05, 4.69) is 31.3 Å². The van der Waals surface area contributed by atoms with Gasteiger partial charge in [0.05, 0.1) is 23.9 Å². The highest BCUT2D eigenvalue weighted by Crippen LogP contribution is 2.30. The number of urea groups is 1. The normalized spacial score (nSPS) is 10.6. The minimum Gasteiger partial charge on any atom is -0.341 e. The molecule has 0 aliphatic carbocycles. The van der Waals surface area contributed by atoms with Gasteiger partial charge in [0.15, 0.2) is 0 Å². The highest BCUT2D eigenvalue weighted by molar-refractivity contribution is 5.78. The van der Waals surface area contributed by atoms with Gasteiger partial charge < -0.3 is 10.2 Å². The van der Waals surface area contributed by atoms with Gasteiger partial charge in [0, 0.05) is 36.0 Å². The minimum atomic E-state index is -0.188. The molecule has 1 heterocycles. The lowest BCUT2D eigenvalue weighted by molar-refractivity contribution is 0.196. The van der Waals surface area contributed by atoms with Gasteiger partial charge in [0.25, 0.3) is 5.56 Å². The molecule has 0 aliphatic rings. The van der Waals surface area contributed by atoms with Crippen molar-refractivity contribution in [1.82, 2.24) is 14.8 Å². The van der Waals surface area contributed by atoms with Crippen LogP contribution in [0.15, 0.2) is 59.4 Å². The van der Waals surface area contributed by atoms with E-state index in [4.69, 9.17) is 0 Å². The summed E-state index contributed by atoms with van der Waals surface area (Å²) in [6, 6.07) is 19.4. The third kappa shape index (κ3) is 5.85. The molecule has 0 radical (unpaired) electrons. The van der Waals surface area contributed by atoms with Crippen molar-refractivity contribution in [1.29, 1.82) is 5.26 Å². The van der Waals surface area contributed by atoms with Gasteiger partial charge in [-0.15, -0.1) is 0 Å². The molecule has 0 bridgehead atoms. The molecule has 0 spiro atoms. The van der Waals surface area contributed by atoms with E-state index >= 15 is 0 Å². The largest absolute Gasteiger partial charge is 0.341 e. The summed E-state index contributed by atoms with van der Waals surface area (Å²) >= 11 is 0. The first-order valence-corrected chi connectivity index (χ1v) is 12.8. The molecule has 0 aliphatic heterocycles. The Morgan fingerprint density at radius 2 is 1.69 bits per heavy atom. The predicted molar refractivity (Wildman–Crippen MR) is 145 cm³/mol. The molecule has 1 N–H and O–H groups in total. The fourth-order valence-corrected chi connectivity index (χ4v) is 4.50. The molecule has 0 unspecified atom stereocenters. The van der Waals surface area contributed by atoms with Crippen LogP contribution in [-0.2, 0) is 13.0 Å². The summed E-state index contributed by atoms with van der Waals surface area (Å²) in [7, 11) is 1.61. The van der Waals surface area contributed by atoms with Crippen molar-refractivity contribution in [3.8, 4) is 22.9 Å². The Morgan fingerprint density at radius 1 is 1.03 bits per heavy atom. The maximum absolute atomic E-state index is 14.2. The predicted octanol–water partition coefficient (Wildman–Crippen LogP) is 5.97. The minimum absolute atomic E-state index is 0.117. The Balaban J connectivity index is 2.25. The van der Waals surface area contributed by atoms with Gasteiger partial charge in [0.1, 0.15) is 0 Å². The van der Waals surface area contributed by atoms with Gasteiger partial charge in [-0.25, -0.2) is 4.79 Å². The summed E-state index contributed by atoms with van der Waals surface area (Å²) in [6.45, 7) is 7.00. The molecule has 6 nitrogen and oxygen atoms in total. The first-order valence-electron chi connectivity index (χ1n) is 12.8. The van der Waals surface area contributed by atoms with E-state index in [1.807, 2.05) is 49.4 Å². The van der Waals surface area contributed by atoms with Crippen LogP contribution in [0.5, 0.6) is 0 Å². The average molecular weight is 485 g/mol. The van der Waals surface area contributed by atoms with Gasteiger partial charge in [-0.1, -0.05) is 63.1 Å². The lowest BCUT2D eigenvalue weighted by Gasteiger charge is -2.25. The molecule has 2 amide bonds. The van der Waals surface area contributed by atoms with Gasteiger partial charge in [-0.2, -0.15) is 5.26 Å². The van der Waals surface area contributed by atoms with Crippen molar-refractivity contribution in [3.63, 3.8) is 0 Å². The maximum atomic E-state index is 14.2. The number of hydrogen-bond acceptors (Lipinski definition) is 3. The van der Waals surface area contributed by atoms with E-state index in [-0.39, 0.29) is 18.1 Å². The Bertz CT molecular complexity index is 1300. The van der Waals surface area contributed by atoms with Gasteiger partial charge >= 0.3 is 6.03 Å². The van der Waals surface area contributed by atoms with Gasteiger partial charge in [0.2, 0.25) is 0 Å². The molecule has 6 heteroatoms. The standard InChI is InChI=1S/C30H36N4O2/c1-5-7-14-24-19-22(3)27(21-33(18-8-6-2)30(36)32-4)29(35)34(24)28-17-12-11-16-26(28)25-15-10-9-13-23(25)20-31/h9-13,15-17,19H,5-8,14,18,21H2,1-4H3,(H,32,36). The summed E-state index contributed by atoms with van der Waals surface area (Å²) in [4.78, 5) is 28.5. The smallest absolute Gasteiger partial charge is 0.317 e. The van der Waals surface area contributed by atoms with Gasteiger partial charge in [-0.3, -0.25) is 9.36 Å². The molecule has 3 aromatic rings. The van der Waals surface area contributed by atoms with E-state index < -0.39 is 0 Å². The fourth-order valence-electron chi connectivity index (χ4n) is 4.50. The number of nitrogens with one attached hydrogen (secondary N) is 1. The SMILES string of the molecule is CCCCc1cc(C)c(CN(CCCC)C(=O)NC)c(=O)n1-c1ccccc1-c1ccccc1C#N. The zero-order valence-corrected chi connectivity index (χ0v) is 21.8. The number of unbranched alkanes of at least 4 members (excludes halogenated alkanes) is 2. The first-order chi connectivity index (χ1) is 17.5. The highest BCUT2D eigenvalue weighted by atomic mass is 16.2. The number of nitrogens with zero attached hydrogens (tertiary/aromatic N) is 3. The first kappa shape index (κ1) is 26.7. The molecule has 188 valence electrons. The Morgan fingerprint density at radius 3 is 2.36 bits per heavy atom. The number of para-hydroxylation sites is 1. The third-order valence-electron chi connectivity index (χ3n) is 6.51. The van der Waals surface area contributed by atoms with Crippen molar-refractivity contribution in [3.05, 3.63) is 87.3 Å². The van der Waals surface area contributed by atoms with Crippen LogP contribution in [0.4, 0.5) is 4.79 Å². The second-order valence-corrected chi connectivity index (χ2v) is 9.05. The molecule has 2 aromatic carbocycles. The van der Waals surface area contributed by atoms with Gasteiger partial charge in [-0.05, 0) is 49.9 Å². The van der Waals surface area contributed by atoms with Crippen LogP contribution in [0.25, 0.3) is 16.8 Å². The number of pyridine rings is 1. The Labute approximate surface area is 214 Å². The quantitative estimate of drug-likeness (QED) is 0.385. The van der Waals surface area contributed by atoms with Crippen LogP contribution in [0.1, 0.15) is 61.9 Å². The van der Waals surface area contributed by atoms with Crippen molar-refractivity contribution in [2.45, 2.75) is 59.4 Å². The summed E-state index contributed by atoms with van der Waals surface area (Å²) in [5.41, 5.74) is 5.25. The highest BCUT2D eigenvalue weighted by Gasteiger charge is 2.21. The van der Waals surface area contributed by atoms with E-state index in [1.54, 1.807) is 22.6 Å². The number of aromatic nitrogens is 1. The molecule has 1 aromatic heterocycles. The molecule has 3 rings (SSSR count). The topological polar surface area (TPSA) is 78.1 Å². The van der Waals surface area contributed by atoms with Crippen LogP contribution < -0.4 is 10.9 Å². The molecular formula is C30H36N4O2. The molecular weight excluding hydrogens is 448 g/mol. The summed E-state index contributed by atoms with van der Waals surface area (Å²) in [6.07, 6.45) is 4.54. The number of hydrogen-bond donors (Lipinski definition) is 1. The van der Waals surface area contributed by atoms with Crippen molar-refractivity contribution in [2.24, 2.45) is 0 Å². The second kappa shape index (κ2) is 12.7. The summed E-state index contributed by atoms with van der Waals surface area (Å²) in [5.74, 6) is 0. The van der Waals surface area contributed by atoms with Crippen molar-refractivity contribution in [2.75, 3.05) is 13.6 Å². The number of amides is 2. The molecule has 0 saturated carbocycles. The zero-order valence-electron chi connectivity index (χ0n) is 21.8. The number of rotatable bonds is 10. The number of carbonyl (C=O) groups excluding carboxylic acids is 1. The van der Waals surface area contributed by atoms with Crippen LogP contribution in [-0.4, -0.2) is 29.1 Å². The molecule has 0 atom stereocenters. The molecule has 0 saturated heterocycles. The maximum Gasteiger partial charge on any atom is 0.317 e. The van der Waals surface area contributed by atoms with Crippen molar-refractivity contribution < 1.29 is 4.79 Å². The lowest BCUT2D eigenvalue weighted by Crippen LogP contribution is -2.40. The van der Waals surface area contributed by atoms with E-state index in [9.17, 15) is 14.9 Å². The van der Waals surface area contributed by atoms with E-state index in [1.165, 1.54) is 0 Å². The van der Waals surface area contributed by atoms with Crippen LogP contribution >= 0.6 is 0 Å². The van der Waals surface area contributed by atoms with Crippen LogP contribution in [0.2, 0.25) is 0 Å². The van der Waals surface area contributed by atoms with Crippen LogP contribution in [0.3, 0.4) is 0 Å². The van der Waals surface area contributed by atoms with Crippen LogP contribution in [0, 0.1) is 18.3 Å². The van der Waals surface area contributed by atoms with E-state index in [0.717, 1.165) is 60.2 Å². The lowest BCUT2D eigenvalue weighted by atomic mass is 9.97. The third-order valence-corrected chi connectivity index (χ3v) is 6.51. The molecule has 36 heavy (non-hydrogen) atoms. The van der Waals surface area contributed by atoms with Crippen molar-refractivity contribution >= 4 is 6.03 Å². The average Bonchev–Trinajstić information content (AvgIpc) is 2.91. The number of nitriles is 1. The fraction of sp³-hybridized carbons (Fsp3) is 0.367. The number of carbonyl (C=O) groups is 1. The van der Waals surface area contributed by atoms with E-state index in [0.29, 0.717) is 17.7 Å². The Kier molecular flexibility index (Phi) is 9.46. The monoisotopic (exact) mass is 484 g/mol. The second-order valence-electron chi connectivity index (χ2n) is 9.05. The Hall–Kier alpha value is -3.85. The number of aryl methyl sites for hydroxylation is 2. The summed E-state index contributed by atoms with van der Waals surface area (Å²) < 4.78 is 1.79. The number of benzene rings is 2.